The number of nitrogen functional groups attached to an aromatic ring is 1. The Kier molecular flexibility index (Phi) is 3.72. The number of hydrogen-bond acceptors (Lipinski definition) is 4. The third-order valence-corrected chi connectivity index (χ3v) is 6.61. The fraction of sp³-hybridized carbons (Fsp3) is 0.769. The summed E-state index contributed by atoms with van der Waals surface area (Å²) in [6.07, 6.45) is 9.27. The van der Waals surface area contributed by atoms with Gasteiger partial charge in [-0.05, 0) is 31.6 Å². The standard InChI is InChI=1S/C13H22N4O2S/c14-13-12(9-15-16-13)20(18,19)17-8-4-7-11(17)10-5-2-1-3-6-10/h9-11H,1-8H2,(H3,14,15,16). The molecule has 1 aliphatic heterocycles. The SMILES string of the molecule is Nc1[nH]ncc1S(=O)(=O)N1CCCC1C1CCCCC1. The number of aromatic nitrogens is 2. The van der Waals surface area contributed by atoms with E-state index in [1.807, 2.05) is 0 Å². The first-order valence-corrected chi connectivity index (χ1v) is 8.85. The molecular weight excluding hydrogens is 276 g/mol. The number of nitrogens with two attached hydrogens (primary N) is 1. The Hall–Kier alpha value is -1.08. The van der Waals surface area contributed by atoms with Crippen LogP contribution in [0.15, 0.2) is 11.1 Å². The summed E-state index contributed by atoms with van der Waals surface area (Å²) in [6.45, 7) is 0.605. The summed E-state index contributed by atoms with van der Waals surface area (Å²) in [7, 11) is -3.51. The fourth-order valence-electron chi connectivity index (χ4n) is 3.67. The lowest BCUT2D eigenvalue weighted by Gasteiger charge is -2.33. The zero-order chi connectivity index (χ0) is 14.2. The topological polar surface area (TPSA) is 92.1 Å². The highest BCUT2D eigenvalue weighted by Gasteiger charge is 2.40. The first-order valence-electron chi connectivity index (χ1n) is 7.41. The number of hydrogen-bond donors (Lipinski definition) is 2. The van der Waals surface area contributed by atoms with Crippen LogP contribution in [-0.2, 0) is 10.0 Å². The second-order valence-electron chi connectivity index (χ2n) is 5.87. The average Bonchev–Trinajstić information content (AvgIpc) is 3.08. The van der Waals surface area contributed by atoms with E-state index in [4.69, 9.17) is 5.73 Å². The van der Waals surface area contributed by atoms with Crippen molar-refractivity contribution in [2.24, 2.45) is 5.92 Å². The largest absolute Gasteiger partial charge is 0.383 e. The zero-order valence-corrected chi connectivity index (χ0v) is 12.4. The Labute approximate surface area is 119 Å². The van der Waals surface area contributed by atoms with E-state index in [1.54, 1.807) is 4.31 Å². The van der Waals surface area contributed by atoms with E-state index in [2.05, 4.69) is 10.2 Å². The summed E-state index contributed by atoms with van der Waals surface area (Å²) in [5, 5.41) is 6.26. The van der Waals surface area contributed by atoms with Gasteiger partial charge in [-0.1, -0.05) is 19.3 Å². The molecule has 0 spiro atoms. The highest BCUT2D eigenvalue weighted by atomic mass is 32.2. The summed E-state index contributed by atoms with van der Waals surface area (Å²) >= 11 is 0. The van der Waals surface area contributed by atoms with Gasteiger partial charge in [0.05, 0.1) is 6.20 Å². The van der Waals surface area contributed by atoms with Gasteiger partial charge in [0.15, 0.2) is 0 Å². The molecule has 112 valence electrons. The number of nitrogens with one attached hydrogen (secondary N) is 1. The lowest BCUT2D eigenvalue weighted by molar-refractivity contribution is 0.226. The van der Waals surface area contributed by atoms with Gasteiger partial charge in [0, 0.05) is 12.6 Å². The molecule has 1 aromatic heterocycles. The van der Waals surface area contributed by atoms with E-state index >= 15 is 0 Å². The van der Waals surface area contributed by atoms with Crippen LogP contribution in [0.2, 0.25) is 0 Å². The van der Waals surface area contributed by atoms with Crippen LogP contribution in [0.25, 0.3) is 0 Å². The molecule has 0 aromatic carbocycles. The van der Waals surface area contributed by atoms with Gasteiger partial charge < -0.3 is 5.73 Å². The molecule has 1 saturated carbocycles. The fourth-order valence-corrected chi connectivity index (χ4v) is 5.44. The Morgan fingerprint density at radius 2 is 1.95 bits per heavy atom. The molecule has 0 bridgehead atoms. The van der Waals surface area contributed by atoms with Gasteiger partial charge in [0.2, 0.25) is 10.0 Å². The van der Waals surface area contributed by atoms with Gasteiger partial charge in [-0.2, -0.15) is 9.40 Å². The highest BCUT2D eigenvalue weighted by Crippen LogP contribution is 2.37. The maximum atomic E-state index is 12.8. The van der Waals surface area contributed by atoms with E-state index in [9.17, 15) is 8.42 Å². The minimum absolute atomic E-state index is 0.125. The number of nitrogens with zero attached hydrogens (tertiary/aromatic N) is 2. The molecule has 2 heterocycles. The van der Waals surface area contributed by atoms with Crippen molar-refractivity contribution in [2.45, 2.75) is 55.9 Å². The zero-order valence-electron chi connectivity index (χ0n) is 11.6. The van der Waals surface area contributed by atoms with Crippen molar-refractivity contribution >= 4 is 15.8 Å². The molecule has 0 radical (unpaired) electrons. The number of rotatable bonds is 3. The van der Waals surface area contributed by atoms with Crippen LogP contribution in [0, 0.1) is 5.92 Å². The molecule has 7 heteroatoms. The van der Waals surface area contributed by atoms with E-state index < -0.39 is 10.0 Å². The van der Waals surface area contributed by atoms with Crippen LogP contribution >= 0.6 is 0 Å². The van der Waals surface area contributed by atoms with E-state index in [-0.39, 0.29) is 16.8 Å². The van der Waals surface area contributed by atoms with E-state index in [1.165, 1.54) is 25.5 Å². The molecule has 2 fully saturated rings. The summed E-state index contributed by atoms with van der Waals surface area (Å²) < 4.78 is 27.2. The summed E-state index contributed by atoms with van der Waals surface area (Å²) in [5.74, 6) is 0.647. The molecule has 1 aromatic rings. The number of aromatic amines is 1. The summed E-state index contributed by atoms with van der Waals surface area (Å²) in [5.41, 5.74) is 5.69. The van der Waals surface area contributed by atoms with Crippen LogP contribution in [0.1, 0.15) is 44.9 Å². The lowest BCUT2D eigenvalue weighted by atomic mass is 9.83. The number of sulfonamides is 1. The molecule has 2 aliphatic rings. The van der Waals surface area contributed by atoms with Crippen LogP contribution < -0.4 is 5.73 Å². The predicted octanol–water partition coefficient (Wildman–Crippen LogP) is 1.73. The quantitative estimate of drug-likeness (QED) is 0.888. The van der Waals surface area contributed by atoms with Gasteiger partial charge in [-0.25, -0.2) is 8.42 Å². The van der Waals surface area contributed by atoms with Gasteiger partial charge in [0.1, 0.15) is 10.7 Å². The smallest absolute Gasteiger partial charge is 0.248 e. The molecule has 1 atom stereocenters. The predicted molar refractivity (Wildman–Crippen MR) is 76.5 cm³/mol. The van der Waals surface area contributed by atoms with E-state index in [0.29, 0.717) is 12.5 Å². The molecular formula is C13H22N4O2S. The Balaban J connectivity index is 1.86. The van der Waals surface area contributed by atoms with Crippen LogP contribution in [0.4, 0.5) is 5.82 Å². The molecule has 1 aliphatic carbocycles. The first kappa shape index (κ1) is 13.9. The van der Waals surface area contributed by atoms with Crippen molar-refractivity contribution in [1.82, 2.24) is 14.5 Å². The van der Waals surface area contributed by atoms with Crippen molar-refractivity contribution in [3.63, 3.8) is 0 Å². The van der Waals surface area contributed by atoms with Crippen molar-refractivity contribution in [3.8, 4) is 0 Å². The van der Waals surface area contributed by atoms with Crippen molar-refractivity contribution in [3.05, 3.63) is 6.20 Å². The molecule has 6 nitrogen and oxygen atoms in total. The van der Waals surface area contributed by atoms with Crippen LogP contribution in [-0.4, -0.2) is 35.5 Å². The third kappa shape index (κ3) is 2.33. The second kappa shape index (κ2) is 5.37. The van der Waals surface area contributed by atoms with Crippen molar-refractivity contribution in [2.75, 3.05) is 12.3 Å². The maximum Gasteiger partial charge on any atom is 0.248 e. The Bertz CT molecular complexity index is 563. The number of H-pyrrole nitrogens is 1. The Morgan fingerprint density at radius 3 is 2.60 bits per heavy atom. The molecule has 0 amide bonds. The normalized spacial score (nSPS) is 26.1. The third-order valence-electron chi connectivity index (χ3n) is 4.66. The highest BCUT2D eigenvalue weighted by molar-refractivity contribution is 7.89. The second-order valence-corrected chi connectivity index (χ2v) is 7.73. The molecule has 1 unspecified atom stereocenters. The molecule has 3 rings (SSSR count). The van der Waals surface area contributed by atoms with Crippen molar-refractivity contribution < 1.29 is 8.42 Å². The minimum Gasteiger partial charge on any atom is -0.383 e. The van der Waals surface area contributed by atoms with Gasteiger partial charge in [-0.15, -0.1) is 0 Å². The van der Waals surface area contributed by atoms with Gasteiger partial charge in [0.25, 0.3) is 0 Å². The van der Waals surface area contributed by atoms with Crippen molar-refractivity contribution in [1.29, 1.82) is 0 Å². The molecule has 1 saturated heterocycles. The van der Waals surface area contributed by atoms with Gasteiger partial charge >= 0.3 is 0 Å². The monoisotopic (exact) mass is 298 g/mol. The number of anilines is 1. The Morgan fingerprint density at radius 1 is 1.20 bits per heavy atom. The van der Waals surface area contributed by atoms with Gasteiger partial charge in [-0.3, -0.25) is 5.10 Å². The summed E-state index contributed by atoms with van der Waals surface area (Å²) in [4.78, 5) is 0.125. The molecule has 20 heavy (non-hydrogen) atoms. The maximum absolute atomic E-state index is 12.8. The lowest BCUT2D eigenvalue weighted by Crippen LogP contribution is -2.40. The summed E-state index contributed by atoms with van der Waals surface area (Å²) in [6, 6.07) is 0.148. The van der Waals surface area contributed by atoms with E-state index in [0.717, 1.165) is 25.7 Å². The first-order chi connectivity index (χ1) is 9.60. The molecule has 3 N–H and O–H groups in total. The minimum atomic E-state index is -3.51. The van der Waals surface area contributed by atoms with Crippen LogP contribution in [0.5, 0.6) is 0 Å². The average molecular weight is 298 g/mol. The van der Waals surface area contributed by atoms with Crippen LogP contribution in [0.3, 0.4) is 0 Å².